The van der Waals surface area contributed by atoms with Crippen LogP contribution in [0, 0.1) is 5.92 Å². The second-order valence-corrected chi connectivity index (χ2v) is 6.77. The van der Waals surface area contributed by atoms with Crippen molar-refractivity contribution in [3.63, 3.8) is 0 Å². The molecule has 0 radical (unpaired) electrons. The van der Waals surface area contributed by atoms with E-state index in [0.29, 0.717) is 11.5 Å². The lowest BCUT2D eigenvalue weighted by molar-refractivity contribution is -0.0504. The van der Waals surface area contributed by atoms with Crippen LogP contribution in [0.1, 0.15) is 18.9 Å². The fraction of sp³-hybridized carbons (Fsp3) is 0.588. The van der Waals surface area contributed by atoms with Crippen molar-refractivity contribution in [3.05, 3.63) is 28.2 Å². The van der Waals surface area contributed by atoms with Crippen LogP contribution in [0.5, 0.6) is 5.75 Å². The normalized spacial score (nSPS) is 18.1. The lowest BCUT2D eigenvalue weighted by Gasteiger charge is -2.22. The third-order valence-corrected chi connectivity index (χ3v) is 4.45. The Balaban J connectivity index is 2.12. The predicted octanol–water partition coefficient (Wildman–Crippen LogP) is 3.48. The highest BCUT2D eigenvalue weighted by molar-refractivity contribution is 9.10. The van der Waals surface area contributed by atoms with Gasteiger partial charge in [-0.1, -0.05) is 15.9 Å². The minimum absolute atomic E-state index is 0.150. The first-order chi connectivity index (χ1) is 12.0. The van der Waals surface area contributed by atoms with E-state index in [-0.39, 0.29) is 12.3 Å². The van der Waals surface area contributed by atoms with Gasteiger partial charge in [-0.15, -0.1) is 0 Å². The Hall–Kier alpha value is -1.41. The Morgan fingerprint density at radius 3 is 2.96 bits per heavy atom. The van der Waals surface area contributed by atoms with Gasteiger partial charge in [0, 0.05) is 42.7 Å². The topological polar surface area (TPSA) is 46.1 Å². The average molecular weight is 420 g/mol. The molecule has 2 rings (SSSR count). The summed E-state index contributed by atoms with van der Waals surface area (Å²) in [5, 5.41) is 3.27. The minimum atomic E-state index is -2.86. The molecule has 0 aliphatic carbocycles. The molecule has 25 heavy (non-hydrogen) atoms. The van der Waals surface area contributed by atoms with Crippen molar-refractivity contribution in [2.24, 2.45) is 10.9 Å². The van der Waals surface area contributed by atoms with Crippen LogP contribution in [0.15, 0.2) is 27.7 Å². The minimum Gasteiger partial charge on any atom is -0.434 e. The zero-order valence-corrected chi connectivity index (χ0v) is 16.1. The molecule has 1 aromatic carbocycles. The van der Waals surface area contributed by atoms with Crippen molar-refractivity contribution < 1.29 is 18.3 Å². The highest BCUT2D eigenvalue weighted by atomic mass is 79.9. The molecule has 1 aliphatic heterocycles. The molecule has 1 heterocycles. The summed E-state index contributed by atoms with van der Waals surface area (Å²) in [6.07, 6.45) is 1.05. The first kappa shape index (κ1) is 19.9. The maximum absolute atomic E-state index is 12.6. The molecule has 1 saturated heterocycles. The van der Waals surface area contributed by atoms with Crippen LogP contribution in [-0.4, -0.2) is 50.8 Å². The Labute approximate surface area is 155 Å². The highest BCUT2D eigenvalue weighted by Gasteiger charge is 2.24. The van der Waals surface area contributed by atoms with Crippen LogP contribution in [0.2, 0.25) is 0 Å². The predicted molar refractivity (Wildman–Crippen MR) is 97.1 cm³/mol. The van der Waals surface area contributed by atoms with Gasteiger partial charge in [0.2, 0.25) is 0 Å². The standard InChI is InChI=1S/C17H24BrF2N3O2/c1-3-21-17(23-7-6-12(10-23)11-24-2)22-9-13-8-14(18)4-5-15(13)25-16(19)20/h4-5,8,12,16H,3,6-7,9-11H2,1-2H3,(H,21,22). The molecular formula is C17H24BrF2N3O2. The molecule has 1 unspecified atom stereocenters. The van der Waals surface area contributed by atoms with E-state index in [0.717, 1.165) is 43.1 Å². The summed E-state index contributed by atoms with van der Waals surface area (Å²) in [6.45, 7) is 2.65. The summed E-state index contributed by atoms with van der Waals surface area (Å²) in [6, 6.07) is 4.95. The quantitative estimate of drug-likeness (QED) is 0.542. The summed E-state index contributed by atoms with van der Waals surface area (Å²) in [4.78, 5) is 6.79. The zero-order valence-electron chi connectivity index (χ0n) is 14.5. The second kappa shape index (κ2) is 9.91. The molecule has 0 saturated carbocycles. The van der Waals surface area contributed by atoms with Gasteiger partial charge in [0.1, 0.15) is 5.75 Å². The maximum Gasteiger partial charge on any atom is 0.387 e. The molecule has 1 atom stereocenters. The number of methoxy groups -OCH3 is 1. The van der Waals surface area contributed by atoms with E-state index in [2.05, 4.69) is 35.9 Å². The molecule has 1 N–H and O–H groups in total. The van der Waals surface area contributed by atoms with E-state index in [9.17, 15) is 8.78 Å². The van der Waals surface area contributed by atoms with Crippen molar-refractivity contribution in [1.29, 1.82) is 0 Å². The summed E-state index contributed by atoms with van der Waals surface area (Å²) >= 11 is 3.36. The van der Waals surface area contributed by atoms with Gasteiger partial charge in [-0.25, -0.2) is 4.99 Å². The van der Waals surface area contributed by atoms with Gasteiger partial charge in [-0.2, -0.15) is 8.78 Å². The molecule has 5 nitrogen and oxygen atoms in total. The molecule has 0 aromatic heterocycles. The van der Waals surface area contributed by atoms with E-state index in [1.54, 1.807) is 19.2 Å². The van der Waals surface area contributed by atoms with Gasteiger partial charge >= 0.3 is 6.61 Å². The average Bonchev–Trinajstić information content (AvgIpc) is 3.02. The third-order valence-electron chi connectivity index (χ3n) is 3.96. The summed E-state index contributed by atoms with van der Waals surface area (Å²) in [5.74, 6) is 1.41. The van der Waals surface area contributed by atoms with Gasteiger partial charge in [0.05, 0.1) is 13.2 Å². The third kappa shape index (κ3) is 6.11. The molecule has 8 heteroatoms. The van der Waals surface area contributed by atoms with Crippen LogP contribution in [0.3, 0.4) is 0 Å². The molecule has 140 valence electrons. The molecular weight excluding hydrogens is 396 g/mol. The fourth-order valence-electron chi connectivity index (χ4n) is 2.87. The monoisotopic (exact) mass is 419 g/mol. The fourth-order valence-corrected chi connectivity index (χ4v) is 3.27. The number of aliphatic imine (C=N–C) groups is 1. The Morgan fingerprint density at radius 2 is 2.28 bits per heavy atom. The Bertz CT molecular complexity index is 587. The van der Waals surface area contributed by atoms with E-state index in [4.69, 9.17) is 4.74 Å². The van der Waals surface area contributed by atoms with Gasteiger partial charge in [0.15, 0.2) is 5.96 Å². The van der Waals surface area contributed by atoms with Crippen molar-refractivity contribution in [2.45, 2.75) is 26.5 Å². The molecule has 0 spiro atoms. The van der Waals surface area contributed by atoms with E-state index in [1.807, 2.05) is 6.92 Å². The molecule has 0 bridgehead atoms. The first-order valence-electron chi connectivity index (χ1n) is 8.29. The summed E-state index contributed by atoms with van der Waals surface area (Å²) in [7, 11) is 1.71. The van der Waals surface area contributed by atoms with Gasteiger partial charge in [-0.3, -0.25) is 0 Å². The second-order valence-electron chi connectivity index (χ2n) is 5.86. The largest absolute Gasteiger partial charge is 0.434 e. The van der Waals surface area contributed by atoms with Gasteiger partial charge < -0.3 is 19.7 Å². The van der Waals surface area contributed by atoms with Gasteiger partial charge in [-0.05, 0) is 31.5 Å². The van der Waals surface area contributed by atoms with Crippen LogP contribution in [0.4, 0.5) is 8.78 Å². The van der Waals surface area contributed by atoms with Crippen LogP contribution >= 0.6 is 15.9 Å². The number of nitrogens with one attached hydrogen (secondary N) is 1. The molecule has 1 fully saturated rings. The van der Waals surface area contributed by atoms with E-state index < -0.39 is 6.61 Å². The number of hydrogen-bond acceptors (Lipinski definition) is 3. The van der Waals surface area contributed by atoms with Crippen molar-refractivity contribution in [3.8, 4) is 5.75 Å². The number of guanidine groups is 1. The number of halogens is 3. The number of benzene rings is 1. The molecule has 1 aromatic rings. The number of alkyl halides is 2. The van der Waals surface area contributed by atoms with Crippen molar-refractivity contribution >= 4 is 21.9 Å². The van der Waals surface area contributed by atoms with E-state index in [1.165, 1.54) is 6.07 Å². The van der Waals surface area contributed by atoms with Crippen LogP contribution < -0.4 is 10.1 Å². The number of rotatable bonds is 7. The lowest BCUT2D eigenvalue weighted by atomic mass is 10.1. The van der Waals surface area contributed by atoms with Crippen molar-refractivity contribution in [1.82, 2.24) is 10.2 Å². The number of hydrogen-bond donors (Lipinski definition) is 1. The number of ether oxygens (including phenoxy) is 2. The smallest absolute Gasteiger partial charge is 0.387 e. The summed E-state index contributed by atoms with van der Waals surface area (Å²) < 4.78 is 35.8. The zero-order chi connectivity index (χ0) is 18.2. The van der Waals surface area contributed by atoms with Crippen molar-refractivity contribution in [2.75, 3.05) is 33.4 Å². The highest BCUT2D eigenvalue weighted by Crippen LogP contribution is 2.26. The molecule has 1 aliphatic rings. The lowest BCUT2D eigenvalue weighted by Crippen LogP contribution is -2.40. The number of nitrogens with zero attached hydrogens (tertiary/aromatic N) is 2. The summed E-state index contributed by atoms with van der Waals surface area (Å²) in [5.41, 5.74) is 0.609. The number of likely N-dealkylation sites (tertiary alicyclic amines) is 1. The first-order valence-corrected chi connectivity index (χ1v) is 9.08. The van der Waals surface area contributed by atoms with Crippen LogP contribution in [0.25, 0.3) is 0 Å². The molecule has 0 amide bonds. The van der Waals surface area contributed by atoms with Crippen LogP contribution in [-0.2, 0) is 11.3 Å². The SMILES string of the molecule is CCNC(=NCc1cc(Br)ccc1OC(F)F)N1CCC(COC)C1. The van der Waals surface area contributed by atoms with E-state index >= 15 is 0 Å². The van der Waals surface area contributed by atoms with Gasteiger partial charge in [0.25, 0.3) is 0 Å². The maximum atomic E-state index is 12.6. The Morgan fingerprint density at radius 1 is 1.48 bits per heavy atom. The Kier molecular flexibility index (Phi) is 7.90.